The van der Waals surface area contributed by atoms with Gasteiger partial charge in [0.2, 0.25) is 0 Å². The Balaban J connectivity index is 2.53. The maximum atomic E-state index is 3.64. The molecule has 0 saturated carbocycles. The topological polar surface area (TPSA) is 15.3 Å². The highest BCUT2D eigenvalue weighted by Gasteiger charge is 2.28. The van der Waals surface area contributed by atoms with Crippen molar-refractivity contribution in [1.82, 2.24) is 10.2 Å². The largest absolute Gasteiger partial charge is 0.310 e. The number of nitrogens with zero attached hydrogens (tertiary/aromatic N) is 1. The third-order valence-corrected chi connectivity index (χ3v) is 3.72. The highest BCUT2D eigenvalue weighted by molar-refractivity contribution is 4.88. The molecule has 0 aromatic carbocycles. The Kier molecular flexibility index (Phi) is 5.26. The first-order chi connectivity index (χ1) is 7.44. The molecule has 1 saturated heterocycles. The highest BCUT2D eigenvalue weighted by atomic mass is 15.2. The van der Waals surface area contributed by atoms with Crippen molar-refractivity contribution in [2.45, 2.75) is 65.5 Å². The summed E-state index contributed by atoms with van der Waals surface area (Å²) in [6.07, 6.45) is 3.95. The molecule has 0 bridgehead atoms. The van der Waals surface area contributed by atoms with Crippen molar-refractivity contribution < 1.29 is 0 Å². The van der Waals surface area contributed by atoms with Crippen LogP contribution in [0.3, 0.4) is 0 Å². The molecule has 1 aliphatic rings. The van der Waals surface area contributed by atoms with E-state index >= 15 is 0 Å². The quantitative estimate of drug-likeness (QED) is 0.793. The molecule has 1 fully saturated rings. The number of nitrogens with one attached hydrogen (secondary N) is 1. The lowest BCUT2D eigenvalue weighted by Gasteiger charge is -2.34. The first-order valence-electron chi connectivity index (χ1n) is 6.93. The summed E-state index contributed by atoms with van der Waals surface area (Å²) in [6, 6.07) is 0.730. The van der Waals surface area contributed by atoms with E-state index in [1.807, 2.05) is 0 Å². The monoisotopic (exact) mass is 226 g/mol. The molecule has 1 aliphatic heterocycles. The molecule has 0 aromatic rings. The van der Waals surface area contributed by atoms with Crippen LogP contribution in [0.25, 0.3) is 0 Å². The lowest BCUT2D eigenvalue weighted by atomic mass is 10.0. The zero-order valence-corrected chi connectivity index (χ0v) is 11.8. The summed E-state index contributed by atoms with van der Waals surface area (Å²) < 4.78 is 0. The summed E-state index contributed by atoms with van der Waals surface area (Å²) in [5, 5.41) is 3.64. The molecule has 96 valence electrons. The molecule has 1 N–H and O–H groups in total. The van der Waals surface area contributed by atoms with Crippen molar-refractivity contribution >= 4 is 0 Å². The van der Waals surface area contributed by atoms with Crippen LogP contribution in [0.1, 0.15) is 53.9 Å². The van der Waals surface area contributed by atoms with Crippen molar-refractivity contribution in [2.24, 2.45) is 5.92 Å². The summed E-state index contributed by atoms with van der Waals surface area (Å²) in [5.41, 5.74) is 0.274. The van der Waals surface area contributed by atoms with Crippen LogP contribution >= 0.6 is 0 Å². The van der Waals surface area contributed by atoms with Gasteiger partial charge in [-0.3, -0.25) is 4.90 Å². The van der Waals surface area contributed by atoms with Crippen LogP contribution in [0.2, 0.25) is 0 Å². The molecular weight excluding hydrogens is 196 g/mol. The molecule has 1 rings (SSSR count). The molecule has 0 spiro atoms. The summed E-state index contributed by atoms with van der Waals surface area (Å²) in [4.78, 5) is 2.68. The Hall–Kier alpha value is -0.0800. The zero-order valence-electron chi connectivity index (χ0n) is 11.8. The van der Waals surface area contributed by atoms with E-state index in [1.165, 1.54) is 32.4 Å². The van der Waals surface area contributed by atoms with Gasteiger partial charge in [0.15, 0.2) is 0 Å². The summed E-state index contributed by atoms with van der Waals surface area (Å²) >= 11 is 0. The average molecular weight is 226 g/mol. The highest BCUT2D eigenvalue weighted by Crippen LogP contribution is 2.18. The number of hydrogen-bond acceptors (Lipinski definition) is 2. The smallest absolute Gasteiger partial charge is 0.0252 e. The van der Waals surface area contributed by atoms with E-state index < -0.39 is 0 Å². The molecule has 2 unspecified atom stereocenters. The Labute approximate surface area is 102 Å². The molecule has 0 amide bonds. The van der Waals surface area contributed by atoms with Gasteiger partial charge in [0, 0.05) is 24.7 Å². The predicted octanol–water partition coefficient (Wildman–Crippen LogP) is 2.89. The zero-order chi connectivity index (χ0) is 12.2. The van der Waals surface area contributed by atoms with Crippen molar-refractivity contribution in [3.8, 4) is 0 Å². The van der Waals surface area contributed by atoms with Crippen LogP contribution in [-0.2, 0) is 0 Å². The van der Waals surface area contributed by atoms with Crippen molar-refractivity contribution in [1.29, 1.82) is 0 Å². The lowest BCUT2D eigenvalue weighted by Crippen LogP contribution is -2.48. The van der Waals surface area contributed by atoms with Gasteiger partial charge in [0.05, 0.1) is 0 Å². The Morgan fingerprint density at radius 2 is 2.12 bits per heavy atom. The maximum absolute atomic E-state index is 3.64. The second-order valence-electron chi connectivity index (χ2n) is 6.27. The molecule has 16 heavy (non-hydrogen) atoms. The fraction of sp³-hybridized carbons (Fsp3) is 1.00. The molecule has 0 radical (unpaired) electrons. The van der Waals surface area contributed by atoms with Gasteiger partial charge in [-0.1, -0.05) is 20.3 Å². The molecule has 2 heteroatoms. The van der Waals surface area contributed by atoms with Crippen LogP contribution < -0.4 is 5.32 Å². The maximum Gasteiger partial charge on any atom is 0.0252 e. The molecule has 2 nitrogen and oxygen atoms in total. The minimum Gasteiger partial charge on any atom is -0.310 e. The first kappa shape index (κ1) is 14.0. The van der Waals surface area contributed by atoms with Crippen LogP contribution in [0.4, 0.5) is 0 Å². The standard InChI is InChI=1S/C14H30N2/c1-6-7-12(2)10-16-11-14(4,5)15-9-8-13(16)3/h12-13,15H,6-11H2,1-5H3. The van der Waals surface area contributed by atoms with Gasteiger partial charge < -0.3 is 5.32 Å². The second-order valence-corrected chi connectivity index (χ2v) is 6.27. The number of rotatable bonds is 4. The van der Waals surface area contributed by atoms with E-state index in [0.29, 0.717) is 0 Å². The molecule has 1 heterocycles. The van der Waals surface area contributed by atoms with Crippen LogP contribution in [0.15, 0.2) is 0 Å². The van der Waals surface area contributed by atoms with Gasteiger partial charge in [-0.25, -0.2) is 0 Å². The Morgan fingerprint density at radius 1 is 1.44 bits per heavy atom. The summed E-state index contributed by atoms with van der Waals surface area (Å²) in [5.74, 6) is 0.835. The number of hydrogen-bond donors (Lipinski definition) is 1. The minimum atomic E-state index is 0.274. The van der Waals surface area contributed by atoms with Gasteiger partial charge in [-0.15, -0.1) is 0 Å². The molecule has 0 aliphatic carbocycles. The van der Waals surface area contributed by atoms with Gasteiger partial charge in [-0.05, 0) is 46.1 Å². The first-order valence-corrected chi connectivity index (χ1v) is 6.93. The predicted molar refractivity (Wildman–Crippen MR) is 71.8 cm³/mol. The fourth-order valence-corrected chi connectivity index (χ4v) is 2.75. The summed E-state index contributed by atoms with van der Waals surface area (Å²) in [7, 11) is 0. The SMILES string of the molecule is CCCC(C)CN1CC(C)(C)NCCC1C. The van der Waals surface area contributed by atoms with Crippen molar-refractivity contribution in [2.75, 3.05) is 19.6 Å². The second kappa shape index (κ2) is 6.02. The van der Waals surface area contributed by atoms with E-state index in [-0.39, 0.29) is 5.54 Å². The van der Waals surface area contributed by atoms with Crippen molar-refractivity contribution in [3.63, 3.8) is 0 Å². The minimum absolute atomic E-state index is 0.274. The van der Waals surface area contributed by atoms with Gasteiger partial charge >= 0.3 is 0 Å². The van der Waals surface area contributed by atoms with Crippen molar-refractivity contribution in [3.05, 3.63) is 0 Å². The van der Waals surface area contributed by atoms with E-state index in [4.69, 9.17) is 0 Å². The molecule has 0 aromatic heterocycles. The van der Waals surface area contributed by atoms with E-state index in [2.05, 4.69) is 44.8 Å². The molecular formula is C14H30N2. The Bertz CT molecular complexity index is 201. The van der Waals surface area contributed by atoms with Crippen LogP contribution in [-0.4, -0.2) is 36.1 Å². The normalized spacial score (nSPS) is 28.7. The summed E-state index contributed by atoms with van der Waals surface area (Å²) in [6.45, 7) is 15.3. The fourth-order valence-electron chi connectivity index (χ4n) is 2.75. The lowest BCUT2D eigenvalue weighted by molar-refractivity contribution is 0.155. The Morgan fingerprint density at radius 3 is 2.75 bits per heavy atom. The third kappa shape index (κ3) is 4.42. The van der Waals surface area contributed by atoms with E-state index in [9.17, 15) is 0 Å². The average Bonchev–Trinajstić information content (AvgIpc) is 2.26. The van der Waals surface area contributed by atoms with Gasteiger partial charge in [0.1, 0.15) is 0 Å². The third-order valence-electron chi connectivity index (χ3n) is 3.72. The van der Waals surface area contributed by atoms with Gasteiger partial charge in [-0.2, -0.15) is 0 Å². The van der Waals surface area contributed by atoms with Crippen LogP contribution in [0.5, 0.6) is 0 Å². The van der Waals surface area contributed by atoms with Crippen LogP contribution in [0, 0.1) is 5.92 Å². The molecule has 2 atom stereocenters. The van der Waals surface area contributed by atoms with Gasteiger partial charge in [0.25, 0.3) is 0 Å². The van der Waals surface area contributed by atoms with E-state index in [0.717, 1.165) is 18.5 Å². The van der Waals surface area contributed by atoms with E-state index in [1.54, 1.807) is 0 Å².